The Labute approximate surface area is 105 Å². The van der Waals surface area contributed by atoms with E-state index in [9.17, 15) is 4.79 Å². The van der Waals surface area contributed by atoms with Crippen LogP contribution in [0.5, 0.6) is 0 Å². The molecule has 1 unspecified atom stereocenters. The highest BCUT2D eigenvalue weighted by Gasteiger charge is 2.12. The molecule has 0 radical (unpaired) electrons. The van der Waals surface area contributed by atoms with E-state index in [0.717, 1.165) is 12.0 Å². The molecule has 0 aliphatic rings. The van der Waals surface area contributed by atoms with Crippen LogP contribution in [0.1, 0.15) is 42.4 Å². The SMILES string of the molecule is CCC(C)c1ccc(-c2cnc(C(=O)O)o2)cc1. The Morgan fingerprint density at radius 2 is 2.06 bits per heavy atom. The molecule has 18 heavy (non-hydrogen) atoms. The number of rotatable bonds is 4. The molecule has 1 N–H and O–H groups in total. The molecule has 0 aliphatic carbocycles. The van der Waals surface area contributed by atoms with E-state index < -0.39 is 5.97 Å². The lowest BCUT2D eigenvalue weighted by molar-refractivity contribution is 0.0654. The van der Waals surface area contributed by atoms with Gasteiger partial charge in [-0.1, -0.05) is 38.1 Å². The monoisotopic (exact) mass is 245 g/mol. The van der Waals surface area contributed by atoms with Gasteiger partial charge in [0.2, 0.25) is 0 Å². The molecule has 0 bridgehead atoms. The highest BCUT2D eigenvalue weighted by atomic mass is 16.4. The molecule has 4 heteroatoms. The van der Waals surface area contributed by atoms with Crippen molar-refractivity contribution in [1.82, 2.24) is 4.98 Å². The van der Waals surface area contributed by atoms with Gasteiger partial charge in [0.1, 0.15) is 0 Å². The van der Waals surface area contributed by atoms with Crippen LogP contribution < -0.4 is 0 Å². The maximum atomic E-state index is 10.7. The molecular formula is C14H15NO3. The van der Waals surface area contributed by atoms with Crippen LogP contribution in [0, 0.1) is 0 Å². The molecule has 2 rings (SSSR count). The lowest BCUT2D eigenvalue weighted by atomic mass is 9.97. The average Bonchev–Trinajstić information content (AvgIpc) is 2.88. The molecule has 4 nitrogen and oxygen atoms in total. The Bertz CT molecular complexity index is 542. The number of oxazole rings is 1. The lowest BCUT2D eigenvalue weighted by Crippen LogP contribution is -1.94. The number of carboxylic acids is 1. The normalized spacial score (nSPS) is 12.3. The van der Waals surface area contributed by atoms with E-state index in [4.69, 9.17) is 9.52 Å². The fourth-order valence-corrected chi connectivity index (χ4v) is 1.72. The second kappa shape index (κ2) is 5.04. The zero-order valence-electron chi connectivity index (χ0n) is 10.4. The standard InChI is InChI=1S/C14H15NO3/c1-3-9(2)10-4-6-11(7-5-10)12-8-15-13(18-12)14(16)17/h4-9H,3H2,1-2H3,(H,16,17). The van der Waals surface area contributed by atoms with Crippen LogP contribution in [-0.4, -0.2) is 16.1 Å². The van der Waals surface area contributed by atoms with Crippen molar-refractivity contribution in [3.63, 3.8) is 0 Å². The maximum Gasteiger partial charge on any atom is 0.392 e. The van der Waals surface area contributed by atoms with Crippen molar-refractivity contribution in [3.05, 3.63) is 41.9 Å². The molecule has 94 valence electrons. The van der Waals surface area contributed by atoms with Crippen LogP contribution in [0.3, 0.4) is 0 Å². The first kappa shape index (κ1) is 12.4. The van der Waals surface area contributed by atoms with Gasteiger partial charge < -0.3 is 9.52 Å². The first-order chi connectivity index (χ1) is 8.61. The van der Waals surface area contributed by atoms with Crippen LogP contribution in [0.2, 0.25) is 0 Å². The van der Waals surface area contributed by atoms with E-state index in [1.54, 1.807) is 0 Å². The van der Waals surface area contributed by atoms with E-state index in [1.165, 1.54) is 11.8 Å². The number of hydrogen-bond acceptors (Lipinski definition) is 3. The minimum atomic E-state index is -1.16. The van der Waals surface area contributed by atoms with Gasteiger partial charge >= 0.3 is 11.9 Å². The number of benzene rings is 1. The van der Waals surface area contributed by atoms with Crippen molar-refractivity contribution in [2.75, 3.05) is 0 Å². The van der Waals surface area contributed by atoms with E-state index in [1.807, 2.05) is 24.3 Å². The van der Waals surface area contributed by atoms with E-state index in [2.05, 4.69) is 18.8 Å². The summed E-state index contributed by atoms with van der Waals surface area (Å²) in [5.41, 5.74) is 2.10. The molecule has 1 aromatic heterocycles. The molecule has 1 aromatic carbocycles. The summed E-state index contributed by atoms with van der Waals surface area (Å²) in [5.74, 6) is -0.445. The fraction of sp³-hybridized carbons (Fsp3) is 0.286. The van der Waals surface area contributed by atoms with Crippen molar-refractivity contribution in [2.24, 2.45) is 0 Å². The average molecular weight is 245 g/mol. The molecular weight excluding hydrogens is 230 g/mol. The van der Waals surface area contributed by atoms with Crippen molar-refractivity contribution in [2.45, 2.75) is 26.2 Å². The Kier molecular flexibility index (Phi) is 3.46. The number of aromatic carboxylic acids is 1. The van der Waals surface area contributed by atoms with Gasteiger partial charge in [0.05, 0.1) is 6.20 Å². The molecule has 2 aromatic rings. The zero-order valence-corrected chi connectivity index (χ0v) is 10.4. The largest absolute Gasteiger partial charge is 0.474 e. The fourth-order valence-electron chi connectivity index (χ4n) is 1.72. The van der Waals surface area contributed by atoms with Gasteiger partial charge in [0, 0.05) is 5.56 Å². The first-order valence-corrected chi connectivity index (χ1v) is 5.91. The second-order valence-electron chi connectivity index (χ2n) is 4.27. The summed E-state index contributed by atoms with van der Waals surface area (Å²) in [5, 5.41) is 8.74. The summed E-state index contributed by atoms with van der Waals surface area (Å²) in [4.78, 5) is 14.4. The maximum absolute atomic E-state index is 10.7. The summed E-state index contributed by atoms with van der Waals surface area (Å²) < 4.78 is 5.15. The molecule has 1 atom stereocenters. The summed E-state index contributed by atoms with van der Waals surface area (Å²) >= 11 is 0. The Hall–Kier alpha value is -2.10. The Morgan fingerprint density at radius 1 is 1.39 bits per heavy atom. The van der Waals surface area contributed by atoms with Crippen LogP contribution in [0.15, 0.2) is 34.9 Å². The van der Waals surface area contributed by atoms with Gasteiger partial charge in [-0.3, -0.25) is 0 Å². The molecule has 0 spiro atoms. The van der Waals surface area contributed by atoms with Crippen LogP contribution >= 0.6 is 0 Å². The van der Waals surface area contributed by atoms with Crippen LogP contribution in [0.4, 0.5) is 0 Å². The van der Waals surface area contributed by atoms with Crippen molar-refractivity contribution >= 4 is 5.97 Å². The molecule has 0 aliphatic heterocycles. The highest BCUT2D eigenvalue weighted by Crippen LogP contribution is 2.24. The molecule has 0 amide bonds. The van der Waals surface area contributed by atoms with Gasteiger partial charge in [0.15, 0.2) is 5.76 Å². The Balaban J connectivity index is 2.25. The van der Waals surface area contributed by atoms with E-state index in [-0.39, 0.29) is 5.89 Å². The molecule has 0 saturated heterocycles. The third kappa shape index (κ3) is 2.42. The van der Waals surface area contributed by atoms with Gasteiger partial charge in [0.25, 0.3) is 0 Å². The van der Waals surface area contributed by atoms with Crippen LogP contribution in [0.25, 0.3) is 11.3 Å². The van der Waals surface area contributed by atoms with E-state index >= 15 is 0 Å². The predicted octanol–water partition coefficient (Wildman–Crippen LogP) is 3.55. The number of hydrogen-bond donors (Lipinski definition) is 1. The molecule has 0 fully saturated rings. The van der Waals surface area contributed by atoms with Gasteiger partial charge in [-0.25, -0.2) is 9.78 Å². The number of aromatic nitrogens is 1. The van der Waals surface area contributed by atoms with Gasteiger partial charge in [-0.2, -0.15) is 0 Å². The Morgan fingerprint density at radius 3 is 2.56 bits per heavy atom. The zero-order chi connectivity index (χ0) is 13.1. The van der Waals surface area contributed by atoms with Crippen molar-refractivity contribution in [1.29, 1.82) is 0 Å². The highest BCUT2D eigenvalue weighted by molar-refractivity contribution is 5.82. The van der Waals surface area contributed by atoms with Gasteiger partial charge in [-0.15, -0.1) is 0 Å². The number of carbonyl (C=O) groups is 1. The van der Waals surface area contributed by atoms with Gasteiger partial charge in [-0.05, 0) is 17.9 Å². The third-order valence-electron chi connectivity index (χ3n) is 3.07. The summed E-state index contributed by atoms with van der Waals surface area (Å²) in [6, 6.07) is 7.92. The predicted molar refractivity (Wildman–Crippen MR) is 67.6 cm³/mol. The summed E-state index contributed by atoms with van der Waals surface area (Å²) in [6.45, 7) is 4.32. The van der Waals surface area contributed by atoms with Crippen LogP contribution in [-0.2, 0) is 0 Å². The number of nitrogens with zero attached hydrogens (tertiary/aromatic N) is 1. The second-order valence-corrected chi connectivity index (χ2v) is 4.27. The minimum Gasteiger partial charge on any atom is -0.474 e. The molecule has 1 heterocycles. The minimum absolute atomic E-state index is 0.281. The van der Waals surface area contributed by atoms with E-state index in [0.29, 0.717) is 11.7 Å². The van der Waals surface area contributed by atoms with Crippen molar-refractivity contribution < 1.29 is 14.3 Å². The first-order valence-electron chi connectivity index (χ1n) is 5.91. The summed E-state index contributed by atoms with van der Waals surface area (Å²) in [7, 11) is 0. The third-order valence-corrected chi connectivity index (χ3v) is 3.07. The topological polar surface area (TPSA) is 63.3 Å². The quantitative estimate of drug-likeness (QED) is 0.894. The summed E-state index contributed by atoms with van der Waals surface area (Å²) in [6.07, 6.45) is 2.52. The lowest BCUT2D eigenvalue weighted by Gasteiger charge is -2.08. The smallest absolute Gasteiger partial charge is 0.392 e. The molecule has 0 saturated carbocycles. The van der Waals surface area contributed by atoms with Crippen molar-refractivity contribution in [3.8, 4) is 11.3 Å². The number of carboxylic acid groups (broad SMARTS) is 1.